The molecule has 0 bridgehead atoms. The standard InChI is InChI=1S/C21H24FN3O6S/c1-14-11-17(7-8-18(14)30-2)32(28,29)25-9-10-31-19(25)13-24-21(27)20(26)23-12-15-3-5-16(22)6-4-15/h3-8,11,19H,9-10,12-13H2,1-2H3,(H,23,26)(H,24,27)/t19-/m1/s1. The van der Waals surface area contributed by atoms with Crippen LogP contribution >= 0.6 is 0 Å². The summed E-state index contributed by atoms with van der Waals surface area (Å²) in [6.45, 7) is 1.86. The van der Waals surface area contributed by atoms with E-state index in [1.165, 1.54) is 43.5 Å². The van der Waals surface area contributed by atoms with Crippen LogP contribution in [0, 0.1) is 12.7 Å². The van der Waals surface area contributed by atoms with E-state index in [0.29, 0.717) is 16.9 Å². The summed E-state index contributed by atoms with van der Waals surface area (Å²) in [5, 5.41) is 4.81. The van der Waals surface area contributed by atoms with Gasteiger partial charge in [-0.15, -0.1) is 0 Å². The highest BCUT2D eigenvalue weighted by Crippen LogP contribution is 2.26. The monoisotopic (exact) mass is 465 g/mol. The predicted octanol–water partition coefficient (Wildman–Crippen LogP) is 0.922. The number of sulfonamides is 1. The van der Waals surface area contributed by atoms with Gasteiger partial charge >= 0.3 is 11.8 Å². The number of nitrogens with one attached hydrogen (secondary N) is 2. The summed E-state index contributed by atoms with van der Waals surface area (Å²) < 4.78 is 50.8. The van der Waals surface area contributed by atoms with E-state index in [1.807, 2.05) is 0 Å². The number of carbonyl (C=O) groups excluding carboxylic acids is 2. The zero-order valence-electron chi connectivity index (χ0n) is 17.6. The Hall–Kier alpha value is -3.02. The van der Waals surface area contributed by atoms with Crippen LogP contribution in [0.25, 0.3) is 0 Å². The number of amides is 2. The summed E-state index contributed by atoms with van der Waals surface area (Å²) >= 11 is 0. The summed E-state index contributed by atoms with van der Waals surface area (Å²) in [5.41, 5.74) is 1.29. The first-order chi connectivity index (χ1) is 15.2. The maximum absolute atomic E-state index is 13.0. The van der Waals surface area contributed by atoms with Gasteiger partial charge in [-0.1, -0.05) is 12.1 Å². The highest BCUT2D eigenvalue weighted by Gasteiger charge is 2.37. The van der Waals surface area contributed by atoms with Crippen LogP contribution < -0.4 is 15.4 Å². The van der Waals surface area contributed by atoms with Crippen molar-refractivity contribution in [2.24, 2.45) is 0 Å². The van der Waals surface area contributed by atoms with Crippen molar-refractivity contribution in [1.82, 2.24) is 14.9 Å². The predicted molar refractivity (Wildman–Crippen MR) is 113 cm³/mol. The van der Waals surface area contributed by atoms with Crippen LogP contribution in [-0.2, 0) is 30.9 Å². The second kappa shape index (κ2) is 10.1. The molecule has 11 heteroatoms. The molecule has 2 aromatic rings. The Balaban J connectivity index is 1.58. The van der Waals surface area contributed by atoms with E-state index in [4.69, 9.17) is 9.47 Å². The topological polar surface area (TPSA) is 114 Å². The van der Waals surface area contributed by atoms with E-state index in [0.717, 1.165) is 4.31 Å². The minimum atomic E-state index is -3.88. The Labute approximate surface area is 185 Å². The Morgan fingerprint density at radius 1 is 1.16 bits per heavy atom. The zero-order chi connectivity index (χ0) is 23.3. The lowest BCUT2D eigenvalue weighted by atomic mass is 10.2. The number of benzene rings is 2. The van der Waals surface area contributed by atoms with Gasteiger partial charge < -0.3 is 20.1 Å². The summed E-state index contributed by atoms with van der Waals surface area (Å²) in [6, 6.07) is 9.99. The molecule has 1 heterocycles. The van der Waals surface area contributed by atoms with Crippen LogP contribution in [0.2, 0.25) is 0 Å². The molecule has 2 aromatic carbocycles. The molecule has 9 nitrogen and oxygen atoms in total. The van der Waals surface area contributed by atoms with Crippen molar-refractivity contribution in [3.05, 3.63) is 59.4 Å². The number of hydrogen-bond donors (Lipinski definition) is 2. The maximum Gasteiger partial charge on any atom is 0.309 e. The first kappa shape index (κ1) is 23.6. The lowest BCUT2D eigenvalue weighted by Gasteiger charge is -2.23. The third kappa shape index (κ3) is 5.42. The van der Waals surface area contributed by atoms with Crippen LogP contribution in [0.5, 0.6) is 5.75 Å². The normalized spacial score (nSPS) is 16.5. The molecule has 0 aliphatic carbocycles. The molecule has 0 spiro atoms. The number of hydrogen-bond acceptors (Lipinski definition) is 6. The zero-order valence-corrected chi connectivity index (χ0v) is 18.4. The van der Waals surface area contributed by atoms with E-state index in [1.54, 1.807) is 13.0 Å². The summed E-state index contributed by atoms with van der Waals surface area (Å²) in [4.78, 5) is 24.2. The Bertz CT molecular complexity index is 1090. The number of aryl methyl sites for hydroxylation is 1. The van der Waals surface area contributed by atoms with E-state index in [9.17, 15) is 22.4 Å². The third-order valence-electron chi connectivity index (χ3n) is 4.93. The largest absolute Gasteiger partial charge is 0.496 e. The van der Waals surface area contributed by atoms with Crippen molar-refractivity contribution < 1.29 is 31.9 Å². The van der Waals surface area contributed by atoms with Crippen molar-refractivity contribution >= 4 is 21.8 Å². The van der Waals surface area contributed by atoms with Crippen LogP contribution in [0.1, 0.15) is 11.1 Å². The van der Waals surface area contributed by atoms with Gasteiger partial charge in [-0.2, -0.15) is 4.31 Å². The van der Waals surface area contributed by atoms with Gasteiger partial charge in [0.05, 0.1) is 25.2 Å². The highest BCUT2D eigenvalue weighted by atomic mass is 32.2. The molecule has 0 unspecified atom stereocenters. The minimum Gasteiger partial charge on any atom is -0.496 e. The van der Waals surface area contributed by atoms with Crippen LogP contribution in [-0.4, -0.2) is 57.6 Å². The molecule has 1 atom stereocenters. The molecular weight excluding hydrogens is 441 g/mol. The Morgan fingerprint density at radius 2 is 1.84 bits per heavy atom. The number of methoxy groups -OCH3 is 1. The van der Waals surface area contributed by atoms with Gasteiger partial charge in [-0.25, -0.2) is 12.8 Å². The second-order valence-electron chi connectivity index (χ2n) is 7.09. The smallest absolute Gasteiger partial charge is 0.309 e. The van der Waals surface area contributed by atoms with Crippen LogP contribution in [0.4, 0.5) is 4.39 Å². The van der Waals surface area contributed by atoms with E-state index in [-0.39, 0.29) is 31.1 Å². The number of ether oxygens (including phenoxy) is 2. The van der Waals surface area contributed by atoms with Crippen LogP contribution in [0.3, 0.4) is 0 Å². The number of nitrogens with zero attached hydrogens (tertiary/aromatic N) is 1. The van der Waals surface area contributed by atoms with Gasteiger partial charge in [0.15, 0.2) is 0 Å². The highest BCUT2D eigenvalue weighted by molar-refractivity contribution is 7.89. The fourth-order valence-corrected chi connectivity index (χ4v) is 4.81. The Kier molecular flexibility index (Phi) is 7.44. The Morgan fingerprint density at radius 3 is 2.50 bits per heavy atom. The van der Waals surface area contributed by atoms with Crippen molar-refractivity contribution in [3.63, 3.8) is 0 Å². The fourth-order valence-electron chi connectivity index (χ4n) is 3.21. The fraction of sp³-hybridized carbons (Fsp3) is 0.333. The average Bonchev–Trinajstić information content (AvgIpc) is 3.26. The second-order valence-corrected chi connectivity index (χ2v) is 8.98. The molecule has 1 saturated heterocycles. The molecule has 0 saturated carbocycles. The van der Waals surface area contributed by atoms with Crippen molar-refractivity contribution in [3.8, 4) is 5.75 Å². The lowest BCUT2D eigenvalue weighted by molar-refractivity contribution is -0.139. The SMILES string of the molecule is COc1ccc(S(=O)(=O)N2CCO[C@@H]2CNC(=O)C(=O)NCc2ccc(F)cc2)cc1C. The number of rotatable bonds is 7. The van der Waals surface area contributed by atoms with Gasteiger partial charge in [0.1, 0.15) is 17.8 Å². The molecule has 172 valence electrons. The van der Waals surface area contributed by atoms with E-state index < -0.39 is 33.9 Å². The molecule has 1 aliphatic rings. The van der Waals surface area contributed by atoms with Gasteiger partial charge in [-0.05, 0) is 48.4 Å². The first-order valence-corrected chi connectivity index (χ1v) is 11.2. The molecule has 2 N–H and O–H groups in total. The summed E-state index contributed by atoms with van der Waals surface area (Å²) in [6.07, 6.45) is -0.948. The molecule has 1 aliphatic heterocycles. The molecule has 3 rings (SSSR count). The molecule has 2 amide bonds. The molecule has 32 heavy (non-hydrogen) atoms. The third-order valence-corrected chi connectivity index (χ3v) is 6.81. The van der Waals surface area contributed by atoms with Crippen LogP contribution in [0.15, 0.2) is 47.4 Å². The quantitative estimate of drug-likeness (QED) is 0.588. The van der Waals surface area contributed by atoms with E-state index >= 15 is 0 Å². The summed E-state index contributed by atoms with van der Waals surface area (Å²) in [5.74, 6) is -1.66. The van der Waals surface area contributed by atoms with Crippen molar-refractivity contribution in [2.75, 3.05) is 26.8 Å². The van der Waals surface area contributed by atoms with Gasteiger partial charge in [0.2, 0.25) is 10.0 Å². The maximum atomic E-state index is 13.0. The minimum absolute atomic E-state index is 0.0454. The average molecular weight is 466 g/mol. The lowest BCUT2D eigenvalue weighted by Crippen LogP contribution is -2.47. The van der Waals surface area contributed by atoms with Gasteiger partial charge in [0.25, 0.3) is 0 Å². The molecule has 0 aromatic heterocycles. The first-order valence-electron chi connectivity index (χ1n) is 9.81. The van der Waals surface area contributed by atoms with Crippen molar-refractivity contribution in [2.45, 2.75) is 24.6 Å². The van der Waals surface area contributed by atoms with E-state index in [2.05, 4.69) is 10.6 Å². The number of halogens is 1. The molecular formula is C21H24FN3O6S. The number of carbonyl (C=O) groups is 2. The van der Waals surface area contributed by atoms with Crippen molar-refractivity contribution in [1.29, 1.82) is 0 Å². The molecule has 1 fully saturated rings. The van der Waals surface area contributed by atoms with Gasteiger partial charge in [-0.3, -0.25) is 9.59 Å². The summed E-state index contributed by atoms with van der Waals surface area (Å²) in [7, 11) is -2.38. The molecule has 0 radical (unpaired) electrons. The van der Waals surface area contributed by atoms with Gasteiger partial charge in [0, 0.05) is 13.1 Å².